The number of H-pyrrole nitrogens is 1. The van der Waals surface area contributed by atoms with Crippen LogP contribution in [0.1, 0.15) is 19.4 Å². The van der Waals surface area contributed by atoms with Crippen molar-refractivity contribution in [3.8, 4) is 11.8 Å². The van der Waals surface area contributed by atoms with Crippen LogP contribution in [0.4, 0.5) is 5.82 Å². The van der Waals surface area contributed by atoms with E-state index in [1.54, 1.807) is 26.1 Å². The largest absolute Gasteiger partial charge is 0.383 e. The number of nitrogens with zero attached hydrogens (tertiary/aromatic N) is 2. The molecule has 0 bridgehead atoms. The molecule has 0 amide bonds. The Kier molecular flexibility index (Phi) is 5.68. The summed E-state index contributed by atoms with van der Waals surface area (Å²) in [7, 11) is 0. The first-order chi connectivity index (χ1) is 11.2. The lowest BCUT2D eigenvalue weighted by Crippen LogP contribution is -2.14. The van der Waals surface area contributed by atoms with Crippen molar-refractivity contribution >= 4 is 40.1 Å². The number of fused-ring (bicyclic) bond motifs is 1. The fourth-order valence-corrected chi connectivity index (χ4v) is 2.01. The normalized spacial score (nSPS) is 10.5. The minimum atomic E-state index is -1.05. The van der Waals surface area contributed by atoms with E-state index in [-0.39, 0.29) is 0 Å². The molecule has 24 heavy (non-hydrogen) atoms. The van der Waals surface area contributed by atoms with Crippen LogP contribution < -0.4 is 5.73 Å². The lowest BCUT2D eigenvalue weighted by atomic mass is 10.1. The van der Waals surface area contributed by atoms with Crippen molar-refractivity contribution in [3.63, 3.8) is 0 Å². The molecular weight excluding hydrogens is 347 g/mol. The summed E-state index contributed by atoms with van der Waals surface area (Å²) < 4.78 is 0. The number of aromatic nitrogens is 3. The van der Waals surface area contributed by atoms with Gasteiger partial charge in [0, 0.05) is 24.0 Å². The number of aromatic amines is 1. The summed E-state index contributed by atoms with van der Waals surface area (Å²) in [5.41, 5.74) is 5.92. The molecule has 0 aliphatic rings. The molecule has 3 rings (SSSR count). The second-order valence-electron chi connectivity index (χ2n) is 5.46. The van der Waals surface area contributed by atoms with Crippen LogP contribution in [-0.4, -0.2) is 25.7 Å². The van der Waals surface area contributed by atoms with Gasteiger partial charge in [0.2, 0.25) is 0 Å². The highest BCUT2D eigenvalue weighted by Crippen LogP contribution is 2.15. The van der Waals surface area contributed by atoms with Crippen LogP contribution >= 0.6 is 23.2 Å². The number of anilines is 1. The zero-order chi connectivity index (χ0) is 17.7. The summed E-state index contributed by atoms with van der Waals surface area (Å²) in [5.74, 6) is 5.67. The Hall–Kier alpha value is -2.26. The maximum atomic E-state index is 9.37. The molecule has 124 valence electrons. The quantitative estimate of drug-likeness (QED) is 0.532. The number of halogens is 2. The van der Waals surface area contributed by atoms with E-state index in [2.05, 4.69) is 26.8 Å². The Morgan fingerprint density at radius 3 is 2.54 bits per heavy atom. The van der Waals surface area contributed by atoms with Crippen molar-refractivity contribution in [1.82, 2.24) is 15.0 Å². The van der Waals surface area contributed by atoms with Crippen LogP contribution in [-0.2, 0) is 0 Å². The Labute approximate surface area is 149 Å². The highest BCUT2D eigenvalue weighted by molar-refractivity contribution is 6.31. The van der Waals surface area contributed by atoms with Gasteiger partial charge in [0.15, 0.2) is 0 Å². The molecule has 0 aliphatic carbocycles. The Bertz CT molecular complexity index is 904. The summed E-state index contributed by atoms with van der Waals surface area (Å²) in [6, 6.07) is 5.43. The number of nitrogen functional groups attached to an aromatic ring is 1. The first-order valence-electron chi connectivity index (χ1n) is 7.00. The minimum absolute atomic E-state index is 0.311. The third kappa shape index (κ3) is 5.43. The highest BCUT2D eigenvalue weighted by atomic mass is 35.5. The zero-order valence-electron chi connectivity index (χ0n) is 13.1. The summed E-state index contributed by atoms with van der Waals surface area (Å²) in [5, 5.41) is 11.6. The van der Waals surface area contributed by atoms with Crippen LogP contribution in [0.2, 0.25) is 10.0 Å². The molecule has 4 N–H and O–H groups in total. The predicted octanol–water partition coefficient (Wildman–Crippen LogP) is 3.66. The van der Waals surface area contributed by atoms with E-state index in [0.717, 1.165) is 11.0 Å². The smallest absolute Gasteiger partial charge is 0.139 e. The van der Waals surface area contributed by atoms with E-state index in [1.165, 1.54) is 6.20 Å². The van der Waals surface area contributed by atoms with Crippen molar-refractivity contribution in [1.29, 1.82) is 0 Å². The van der Waals surface area contributed by atoms with Crippen LogP contribution in [0.15, 0.2) is 36.8 Å². The molecule has 0 saturated heterocycles. The summed E-state index contributed by atoms with van der Waals surface area (Å²) in [6.45, 7) is 3.18. The molecular formula is C17H16Cl2N4O. The number of nitrogens with two attached hydrogens (primary N) is 1. The molecule has 0 aromatic carbocycles. The number of pyridine rings is 2. The highest BCUT2D eigenvalue weighted by Gasteiger charge is 2.06. The topological polar surface area (TPSA) is 87.8 Å². The molecule has 0 saturated carbocycles. The number of nitrogens with one attached hydrogen (secondary N) is 1. The third-order valence-corrected chi connectivity index (χ3v) is 3.17. The van der Waals surface area contributed by atoms with Crippen molar-refractivity contribution < 1.29 is 5.11 Å². The summed E-state index contributed by atoms with van der Waals surface area (Å²) in [6.07, 6.45) is 4.92. The second-order valence-corrected chi connectivity index (χ2v) is 6.34. The van der Waals surface area contributed by atoms with Gasteiger partial charge >= 0.3 is 0 Å². The van der Waals surface area contributed by atoms with Gasteiger partial charge in [0.25, 0.3) is 0 Å². The summed E-state index contributed by atoms with van der Waals surface area (Å²) >= 11 is 11.4. The Balaban J connectivity index is 0.000000182. The van der Waals surface area contributed by atoms with Gasteiger partial charge in [-0.1, -0.05) is 35.0 Å². The van der Waals surface area contributed by atoms with Gasteiger partial charge in [-0.3, -0.25) is 0 Å². The van der Waals surface area contributed by atoms with Gasteiger partial charge in [0.05, 0.1) is 15.6 Å². The fourth-order valence-electron chi connectivity index (χ4n) is 1.68. The van der Waals surface area contributed by atoms with Crippen molar-refractivity contribution in [2.45, 2.75) is 19.4 Å². The number of hydrogen-bond donors (Lipinski definition) is 3. The molecule has 0 aliphatic heterocycles. The second kappa shape index (κ2) is 7.54. The van der Waals surface area contributed by atoms with Gasteiger partial charge in [-0.05, 0) is 32.0 Å². The molecule has 7 heteroatoms. The van der Waals surface area contributed by atoms with Gasteiger partial charge in [0.1, 0.15) is 17.1 Å². The molecule has 0 spiro atoms. The van der Waals surface area contributed by atoms with E-state index >= 15 is 0 Å². The first kappa shape index (κ1) is 18.1. The average molecular weight is 363 g/mol. The molecule has 0 unspecified atom stereocenters. The van der Waals surface area contributed by atoms with Crippen LogP contribution in [0.25, 0.3) is 11.0 Å². The Morgan fingerprint density at radius 2 is 1.83 bits per heavy atom. The first-order valence-corrected chi connectivity index (χ1v) is 7.75. The Morgan fingerprint density at radius 1 is 1.17 bits per heavy atom. The molecule has 0 radical (unpaired) electrons. The number of hydrogen-bond acceptors (Lipinski definition) is 4. The fraction of sp³-hybridized carbons (Fsp3) is 0.176. The van der Waals surface area contributed by atoms with Crippen LogP contribution in [0, 0.1) is 11.8 Å². The summed E-state index contributed by atoms with van der Waals surface area (Å²) in [4.78, 5) is 10.9. The molecule has 5 nitrogen and oxygen atoms in total. The predicted molar refractivity (Wildman–Crippen MR) is 97.9 cm³/mol. The zero-order valence-corrected chi connectivity index (χ0v) is 14.7. The maximum Gasteiger partial charge on any atom is 0.139 e. The van der Waals surface area contributed by atoms with E-state index in [4.69, 9.17) is 28.9 Å². The van der Waals surface area contributed by atoms with Crippen LogP contribution in [0.5, 0.6) is 0 Å². The number of rotatable bonds is 0. The van der Waals surface area contributed by atoms with Gasteiger partial charge < -0.3 is 15.8 Å². The SMILES string of the molecule is CC(C)(O)C#Cc1cc(Cl)cnc1N.Clc1cnc2[nH]ccc2c1. The van der Waals surface area contributed by atoms with E-state index in [9.17, 15) is 5.11 Å². The molecule has 3 aromatic heterocycles. The van der Waals surface area contributed by atoms with Gasteiger partial charge in [-0.25, -0.2) is 9.97 Å². The van der Waals surface area contributed by atoms with Gasteiger partial charge in [-0.15, -0.1) is 0 Å². The van der Waals surface area contributed by atoms with Crippen molar-refractivity contribution in [2.75, 3.05) is 5.73 Å². The third-order valence-electron chi connectivity index (χ3n) is 2.75. The van der Waals surface area contributed by atoms with Crippen molar-refractivity contribution in [3.05, 3.63) is 52.4 Å². The molecule has 0 fully saturated rings. The van der Waals surface area contributed by atoms with E-state index < -0.39 is 5.60 Å². The van der Waals surface area contributed by atoms with E-state index in [1.807, 2.05) is 18.3 Å². The molecule has 3 heterocycles. The molecule has 3 aromatic rings. The lowest BCUT2D eigenvalue weighted by molar-refractivity contribution is 0.143. The van der Waals surface area contributed by atoms with Crippen molar-refractivity contribution in [2.24, 2.45) is 0 Å². The lowest BCUT2D eigenvalue weighted by Gasteiger charge is -2.06. The maximum absolute atomic E-state index is 9.37. The monoisotopic (exact) mass is 362 g/mol. The average Bonchev–Trinajstić information content (AvgIpc) is 2.95. The standard InChI is InChI=1S/C10H11ClN2O.C7H5ClN2/c1-10(2,14)4-3-7-5-8(11)6-13-9(7)12;8-6-3-5-1-2-9-7(5)10-4-6/h5-6,14H,1-2H3,(H2,12,13);1-4H,(H,9,10). The molecule has 0 atom stereocenters. The van der Waals surface area contributed by atoms with Crippen LogP contribution in [0.3, 0.4) is 0 Å². The minimum Gasteiger partial charge on any atom is -0.383 e. The number of aliphatic hydroxyl groups is 1. The van der Waals surface area contributed by atoms with E-state index in [0.29, 0.717) is 21.4 Å². The van der Waals surface area contributed by atoms with Gasteiger partial charge in [-0.2, -0.15) is 0 Å².